The molecule has 1 fully saturated rings. The van der Waals surface area contributed by atoms with Gasteiger partial charge in [-0.2, -0.15) is 0 Å². The molecule has 0 saturated carbocycles. The maximum atomic E-state index is 4.39. The summed E-state index contributed by atoms with van der Waals surface area (Å²) in [5.74, 6) is 1.09. The first kappa shape index (κ1) is 10.7. The van der Waals surface area contributed by atoms with Crippen LogP contribution in [-0.4, -0.2) is 18.9 Å². The Morgan fingerprint density at radius 1 is 1.47 bits per heavy atom. The predicted octanol–water partition coefficient (Wildman–Crippen LogP) is 2.42. The molecule has 80 valence electrons. The van der Waals surface area contributed by atoms with Crippen LogP contribution in [0.1, 0.15) is 13.3 Å². The summed E-state index contributed by atoms with van der Waals surface area (Å²) in [5, 5.41) is 2.16. The van der Waals surface area contributed by atoms with Gasteiger partial charge in [-0.3, -0.25) is 15.4 Å². The van der Waals surface area contributed by atoms with Crippen LogP contribution in [0, 0.1) is 3.57 Å². The van der Waals surface area contributed by atoms with Gasteiger partial charge in [-0.15, -0.1) is 0 Å². The number of nitrogens with one attached hydrogen (secondary N) is 1. The van der Waals surface area contributed by atoms with Crippen molar-refractivity contribution in [3.05, 3.63) is 27.8 Å². The number of hydrazine groups is 1. The molecule has 3 nitrogen and oxygen atoms in total. The Balaban J connectivity index is 2.15. The molecule has 0 unspecified atom stereocenters. The molecule has 1 aliphatic heterocycles. The Bertz CT molecular complexity index is 376. The second-order valence-corrected chi connectivity index (χ2v) is 4.55. The highest BCUT2D eigenvalue weighted by Crippen LogP contribution is 2.22. The molecule has 0 amide bonds. The Labute approximate surface area is 104 Å². The summed E-state index contributed by atoms with van der Waals surface area (Å²) in [6.45, 7) is 3.91. The quantitative estimate of drug-likeness (QED) is 0.849. The minimum absolute atomic E-state index is 0.849. The van der Waals surface area contributed by atoms with E-state index in [4.69, 9.17) is 0 Å². The molecule has 2 rings (SSSR count). The van der Waals surface area contributed by atoms with Crippen molar-refractivity contribution in [1.82, 2.24) is 5.43 Å². The van der Waals surface area contributed by atoms with Crippen LogP contribution in [-0.2, 0) is 0 Å². The Morgan fingerprint density at radius 2 is 2.27 bits per heavy atom. The normalized spacial score (nSPS) is 18.3. The summed E-state index contributed by atoms with van der Waals surface area (Å²) in [7, 11) is 0. The number of amidine groups is 1. The summed E-state index contributed by atoms with van der Waals surface area (Å²) >= 11 is 2.36. The predicted molar refractivity (Wildman–Crippen MR) is 72.2 cm³/mol. The van der Waals surface area contributed by atoms with Crippen molar-refractivity contribution in [3.8, 4) is 0 Å². The number of para-hydroxylation sites is 1. The molecule has 1 N–H and O–H groups in total. The van der Waals surface area contributed by atoms with Gasteiger partial charge in [-0.1, -0.05) is 12.1 Å². The van der Waals surface area contributed by atoms with Gasteiger partial charge in [0.25, 0.3) is 0 Å². The van der Waals surface area contributed by atoms with E-state index in [0.717, 1.165) is 25.3 Å². The Morgan fingerprint density at radius 3 is 3.00 bits per heavy atom. The third-order valence-electron chi connectivity index (χ3n) is 2.33. The number of hydrogen-bond donors (Lipinski definition) is 1. The zero-order valence-corrected chi connectivity index (χ0v) is 10.9. The summed E-state index contributed by atoms with van der Waals surface area (Å²) in [4.78, 5) is 4.39. The monoisotopic (exact) mass is 315 g/mol. The molecule has 0 atom stereocenters. The molecule has 4 heteroatoms. The summed E-state index contributed by atoms with van der Waals surface area (Å²) in [6, 6.07) is 8.37. The number of hydrogen-bond acceptors (Lipinski definition) is 2. The van der Waals surface area contributed by atoms with Crippen LogP contribution < -0.4 is 10.4 Å². The lowest BCUT2D eigenvalue weighted by Crippen LogP contribution is -2.33. The first-order chi connectivity index (χ1) is 7.31. The average molecular weight is 315 g/mol. The number of anilines is 1. The minimum Gasteiger partial charge on any atom is -0.285 e. The van der Waals surface area contributed by atoms with Crippen molar-refractivity contribution in [1.29, 1.82) is 0 Å². The maximum Gasteiger partial charge on any atom is 0.117 e. The van der Waals surface area contributed by atoms with Gasteiger partial charge in [0.15, 0.2) is 0 Å². The molecule has 0 radical (unpaired) electrons. The van der Waals surface area contributed by atoms with Gasteiger partial charge in [0, 0.05) is 23.1 Å². The number of aliphatic imine (C=N–C) groups is 1. The minimum atomic E-state index is 0.849. The van der Waals surface area contributed by atoms with Gasteiger partial charge in [-0.05, 0) is 41.6 Å². The van der Waals surface area contributed by atoms with E-state index >= 15 is 0 Å². The second-order valence-electron chi connectivity index (χ2n) is 3.39. The highest BCUT2D eigenvalue weighted by molar-refractivity contribution is 14.1. The zero-order chi connectivity index (χ0) is 10.7. The van der Waals surface area contributed by atoms with Gasteiger partial charge in [-0.25, -0.2) is 0 Å². The van der Waals surface area contributed by atoms with Crippen LogP contribution in [0.4, 0.5) is 5.69 Å². The number of rotatable bonds is 2. The molecule has 1 heterocycles. The number of benzene rings is 1. The first-order valence-electron chi connectivity index (χ1n) is 5.13. The standard InChI is InChI=1S/C11H14IN3/c1-2-13-11-7-8-15(14-11)10-6-4-3-5-9(10)12/h3-6H,2,7-8H2,1H3,(H,13,14). The van der Waals surface area contributed by atoms with Crippen molar-refractivity contribution in [3.63, 3.8) is 0 Å². The molecule has 15 heavy (non-hydrogen) atoms. The van der Waals surface area contributed by atoms with E-state index in [1.54, 1.807) is 0 Å². The molecule has 0 spiro atoms. The molecule has 0 bridgehead atoms. The Hall–Kier alpha value is -0.780. The van der Waals surface area contributed by atoms with E-state index in [1.807, 2.05) is 0 Å². The van der Waals surface area contributed by atoms with E-state index in [9.17, 15) is 0 Å². The van der Waals surface area contributed by atoms with Crippen LogP contribution in [0.5, 0.6) is 0 Å². The lowest BCUT2D eigenvalue weighted by Gasteiger charge is -2.19. The Kier molecular flexibility index (Phi) is 3.45. The van der Waals surface area contributed by atoms with Crippen LogP contribution in [0.2, 0.25) is 0 Å². The van der Waals surface area contributed by atoms with Crippen molar-refractivity contribution in [2.24, 2.45) is 4.99 Å². The van der Waals surface area contributed by atoms with Crippen molar-refractivity contribution >= 4 is 34.1 Å². The molecular formula is C11H14IN3. The average Bonchev–Trinajstić information content (AvgIpc) is 2.68. The fourth-order valence-electron chi connectivity index (χ4n) is 1.64. The zero-order valence-electron chi connectivity index (χ0n) is 8.70. The van der Waals surface area contributed by atoms with Crippen LogP contribution in [0.3, 0.4) is 0 Å². The van der Waals surface area contributed by atoms with E-state index in [-0.39, 0.29) is 0 Å². The molecular weight excluding hydrogens is 301 g/mol. The number of nitrogens with zero attached hydrogens (tertiary/aromatic N) is 2. The van der Waals surface area contributed by atoms with Gasteiger partial charge in [0.05, 0.1) is 5.69 Å². The topological polar surface area (TPSA) is 27.6 Å². The third kappa shape index (κ3) is 2.42. The fraction of sp³-hybridized carbons (Fsp3) is 0.364. The van der Waals surface area contributed by atoms with E-state index in [0.29, 0.717) is 0 Å². The van der Waals surface area contributed by atoms with Gasteiger partial charge >= 0.3 is 0 Å². The van der Waals surface area contributed by atoms with Crippen LogP contribution >= 0.6 is 22.6 Å². The molecule has 1 aliphatic rings. The van der Waals surface area contributed by atoms with Gasteiger partial charge in [0.2, 0.25) is 0 Å². The van der Waals surface area contributed by atoms with Gasteiger partial charge in [0.1, 0.15) is 5.84 Å². The highest BCUT2D eigenvalue weighted by atomic mass is 127. The van der Waals surface area contributed by atoms with Crippen molar-refractivity contribution in [2.45, 2.75) is 13.3 Å². The van der Waals surface area contributed by atoms with E-state index in [2.05, 4.69) is 69.2 Å². The number of halogens is 1. The molecule has 1 aromatic carbocycles. The highest BCUT2D eigenvalue weighted by Gasteiger charge is 2.18. The second kappa shape index (κ2) is 4.83. The molecule has 0 aliphatic carbocycles. The summed E-state index contributed by atoms with van der Waals surface area (Å²) in [6.07, 6.45) is 1.01. The van der Waals surface area contributed by atoms with Crippen molar-refractivity contribution in [2.75, 3.05) is 18.1 Å². The molecule has 1 aromatic rings. The van der Waals surface area contributed by atoms with E-state index in [1.165, 1.54) is 9.26 Å². The maximum absolute atomic E-state index is 4.39. The lowest BCUT2D eigenvalue weighted by molar-refractivity contribution is 0.853. The third-order valence-corrected chi connectivity index (χ3v) is 3.24. The first-order valence-corrected chi connectivity index (χ1v) is 6.21. The summed E-state index contributed by atoms with van der Waals surface area (Å²) in [5.41, 5.74) is 4.56. The lowest BCUT2D eigenvalue weighted by atomic mass is 10.3. The van der Waals surface area contributed by atoms with Crippen molar-refractivity contribution < 1.29 is 0 Å². The SMILES string of the molecule is CCN=C1CCN(c2ccccc2I)N1. The fourth-order valence-corrected chi connectivity index (χ4v) is 2.32. The largest absolute Gasteiger partial charge is 0.285 e. The van der Waals surface area contributed by atoms with Gasteiger partial charge < -0.3 is 0 Å². The summed E-state index contributed by atoms with van der Waals surface area (Å²) < 4.78 is 1.26. The van der Waals surface area contributed by atoms with E-state index < -0.39 is 0 Å². The van der Waals surface area contributed by atoms with Crippen LogP contribution in [0.15, 0.2) is 29.3 Å². The molecule has 0 aromatic heterocycles. The smallest absolute Gasteiger partial charge is 0.117 e. The molecule has 1 saturated heterocycles. The van der Waals surface area contributed by atoms with Crippen LogP contribution in [0.25, 0.3) is 0 Å².